The summed E-state index contributed by atoms with van der Waals surface area (Å²) in [5.41, 5.74) is 0.418. The second-order valence-electron chi connectivity index (χ2n) is 4.68. The van der Waals surface area contributed by atoms with E-state index in [1.165, 1.54) is 23.9 Å². The van der Waals surface area contributed by atoms with Gasteiger partial charge in [-0.1, -0.05) is 24.3 Å². The van der Waals surface area contributed by atoms with Crippen LogP contribution in [0.15, 0.2) is 53.4 Å². The number of alkyl halides is 3. The Morgan fingerprint density at radius 3 is 2.55 bits per heavy atom. The minimum absolute atomic E-state index is 0.140. The predicted octanol–water partition coefficient (Wildman–Crippen LogP) is 4.74. The Hall–Kier alpha value is -1.95. The molecule has 0 fully saturated rings. The van der Waals surface area contributed by atoms with Crippen LogP contribution in [0, 0.1) is 6.92 Å². The summed E-state index contributed by atoms with van der Waals surface area (Å²) in [4.78, 5) is 12.8. The van der Waals surface area contributed by atoms with E-state index >= 15 is 0 Å². The van der Waals surface area contributed by atoms with Crippen molar-refractivity contribution in [2.24, 2.45) is 0 Å². The fraction of sp³-hybridized carbons (Fsp3) is 0.188. The van der Waals surface area contributed by atoms with E-state index in [-0.39, 0.29) is 17.3 Å². The molecule has 0 heterocycles. The molecule has 2 nitrogen and oxygen atoms in total. The topological polar surface area (TPSA) is 29.1 Å². The molecule has 0 saturated heterocycles. The summed E-state index contributed by atoms with van der Waals surface area (Å²) in [5.74, 6) is -0.200. The first-order valence-corrected chi connectivity index (χ1v) is 7.50. The molecular weight excluding hydrogens is 311 g/mol. The molecule has 2 aromatic carbocycles. The number of nitrogens with one attached hydrogen (secondary N) is 1. The van der Waals surface area contributed by atoms with Crippen molar-refractivity contribution in [3.8, 4) is 0 Å². The van der Waals surface area contributed by atoms with Crippen molar-refractivity contribution in [3.63, 3.8) is 0 Å². The van der Waals surface area contributed by atoms with E-state index in [4.69, 9.17) is 0 Å². The highest BCUT2D eigenvalue weighted by Gasteiger charge is 2.30. The highest BCUT2D eigenvalue weighted by molar-refractivity contribution is 8.00. The van der Waals surface area contributed by atoms with Crippen LogP contribution in [0.1, 0.15) is 11.1 Å². The fourth-order valence-electron chi connectivity index (χ4n) is 1.83. The number of rotatable bonds is 4. The van der Waals surface area contributed by atoms with E-state index in [0.717, 1.165) is 22.6 Å². The number of hydrogen-bond acceptors (Lipinski definition) is 2. The number of carbonyl (C=O) groups is 1. The molecule has 116 valence electrons. The number of thioether (sulfide) groups is 1. The summed E-state index contributed by atoms with van der Waals surface area (Å²) in [5, 5.41) is 2.48. The Bertz CT molecular complexity index is 670. The van der Waals surface area contributed by atoms with E-state index in [0.29, 0.717) is 0 Å². The average molecular weight is 325 g/mol. The van der Waals surface area contributed by atoms with Gasteiger partial charge in [-0.2, -0.15) is 13.2 Å². The van der Waals surface area contributed by atoms with Gasteiger partial charge in [-0.25, -0.2) is 0 Å². The molecule has 0 radical (unpaired) electrons. The summed E-state index contributed by atoms with van der Waals surface area (Å²) in [6, 6.07) is 12.2. The van der Waals surface area contributed by atoms with E-state index < -0.39 is 11.7 Å². The lowest BCUT2D eigenvalue weighted by Gasteiger charge is -2.10. The minimum atomic E-state index is -4.42. The number of hydrogen-bond donors (Lipinski definition) is 1. The first-order chi connectivity index (χ1) is 10.4. The predicted molar refractivity (Wildman–Crippen MR) is 82.0 cm³/mol. The van der Waals surface area contributed by atoms with Gasteiger partial charge in [0.15, 0.2) is 0 Å². The number of aryl methyl sites for hydroxylation is 1. The number of halogens is 3. The highest BCUT2D eigenvalue weighted by Crippen LogP contribution is 2.30. The Morgan fingerprint density at radius 1 is 1.14 bits per heavy atom. The molecule has 22 heavy (non-hydrogen) atoms. The van der Waals surface area contributed by atoms with Crippen LogP contribution in [0.25, 0.3) is 0 Å². The number of anilines is 1. The second kappa shape index (κ2) is 6.87. The molecule has 1 N–H and O–H groups in total. The van der Waals surface area contributed by atoms with Crippen molar-refractivity contribution in [1.82, 2.24) is 0 Å². The molecule has 0 spiro atoms. The lowest BCUT2D eigenvalue weighted by Crippen LogP contribution is -2.15. The summed E-state index contributed by atoms with van der Waals surface area (Å²) < 4.78 is 37.8. The van der Waals surface area contributed by atoms with Crippen molar-refractivity contribution in [1.29, 1.82) is 0 Å². The molecule has 1 amide bonds. The van der Waals surface area contributed by atoms with Gasteiger partial charge in [-0.05, 0) is 36.8 Å². The van der Waals surface area contributed by atoms with Gasteiger partial charge in [-0.3, -0.25) is 4.79 Å². The zero-order valence-corrected chi connectivity index (χ0v) is 12.6. The Balaban J connectivity index is 1.97. The van der Waals surface area contributed by atoms with Crippen LogP contribution in [-0.2, 0) is 11.0 Å². The average Bonchev–Trinajstić information content (AvgIpc) is 2.46. The van der Waals surface area contributed by atoms with Gasteiger partial charge in [0, 0.05) is 10.6 Å². The lowest BCUT2D eigenvalue weighted by atomic mass is 10.2. The molecule has 2 aromatic rings. The summed E-state index contributed by atoms with van der Waals surface area (Å²) >= 11 is 1.35. The van der Waals surface area contributed by atoms with Crippen LogP contribution >= 0.6 is 11.8 Å². The zero-order valence-electron chi connectivity index (χ0n) is 11.8. The van der Waals surface area contributed by atoms with E-state index in [2.05, 4.69) is 5.32 Å². The molecule has 0 bridgehead atoms. The van der Waals surface area contributed by atoms with Crippen LogP contribution in [0.2, 0.25) is 0 Å². The van der Waals surface area contributed by atoms with Crippen LogP contribution < -0.4 is 5.32 Å². The lowest BCUT2D eigenvalue weighted by molar-refractivity contribution is -0.137. The van der Waals surface area contributed by atoms with Gasteiger partial charge in [-0.15, -0.1) is 11.8 Å². The third-order valence-corrected chi connectivity index (χ3v) is 4.10. The van der Waals surface area contributed by atoms with Gasteiger partial charge >= 0.3 is 6.18 Å². The zero-order chi connectivity index (χ0) is 16.2. The van der Waals surface area contributed by atoms with Gasteiger partial charge in [0.25, 0.3) is 0 Å². The quantitative estimate of drug-likeness (QED) is 0.822. The molecule has 6 heteroatoms. The van der Waals surface area contributed by atoms with E-state index in [9.17, 15) is 18.0 Å². The maximum Gasteiger partial charge on any atom is 0.416 e. The molecule has 0 aliphatic heterocycles. The first-order valence-electron chi connectivity index (χ1n) is 6.52. The summed E-state index contributed by atoms with van der Waals surface area (Å²) in [6.45, 7) is 1.94. The molecule has 0 atom stereocenters. The van der Waals surface area contributed by atoms with E-state index in [1.807, 2.05) is 31.2 Å². The molecule has 0 aromatic heterocycles. The summed E-state index contributed by atoms with van der Waals surface area (Å²) in [7, 11) is 0. The molecule has 0 aliphatic carbocycles. The number of carbonyl (C=O) groups excluding carboxylic acids is 1. The van der Waals surface area contributed by atoms with Crippen molar-refractivity contribution < 1.29 is 18.0 Å². The molecule has 0 saturated carbocycles. The minimum Gasteiger partial charge on any atom is -0.325 e. The Kier molecular flexibility index (Phi) is 5.13. The van der Waals surface area contributed by atoms with Crippen molar-refractivity contribution >= 4 is 23.4 Å². The standard InChI is InChI=1S/C16H14F3NOS/c1-11-5-2-3-8-14(11)22-10-15(21)20-13-7-4-6-12(9-13)16(17,18)19/h2-9H,10H2,1H3,(H,20,21). The van der Waals surface area contributed by atoms with Gasteiger partial charge in [0.1, 0.15) is 0 Å². The molecular formula is C16H14F3NOS. The van der Waals surface area contributed by atoms with E-state index in [1.54, 1.807) is 0 Å². The number of benzene rings is 2. The van der Waals surface area contributed by atoms with Crippen LogP contribution in [0.3, 0.4) is 0 Å². The molecule has 0 aliphatic rings. The highest BCUT2D eigenvalue weighted by atomic mass is 32.2. The van der Waals surface area contributed by atoms with Crippen LogP contribution in [0.5, 0.6) is 0 Å². The van der Waals surface area contributed by atoms with Crippen LogP contribution in [0.4, 0.5) is 18.9 Å². The third-order valence-electron chi connectivity index (χ3n) is 2.93. The van der Waals surface area contributed by atoms with Gasteiger partial charge < -0.3 is 5.32 Å². The monoisotopic (exact) mass is 325 g/mol. The fourth-order valence-corrected chi connectivity index (χ4v) is 2.66. The summed E-state index contributed by atoms with van der Waals surface area (Å²) in [6.07, 6.45) is -4.42. The maximum atomic E-state index is 12.6. The molecule has 2 rings (SSSR count). The van der Waals surface area contributed by atoms with Gasteiger partial charge in [0.05, 0.1) is 11.3 Å². The Labute approximate surface area is 130 Å². The first kappa shape index (κ1) is 16.4. The van der Waals surface area contributed by atoms with Crippen molar-refractivity contribution in [2.45, 2.75) is 18.0 Å². The largest absolute Gasteiger partial charge is 0.416 e. The second-order valence-corrected chi connectivity index (χ2v) is 5.70. The smallest absolute Gasteiger partial charge is 0.325 e. The Morgan fingerprint density at radius 2 is 1.86 bits per heavy atom. The maximum absolute atomic E-state index is 12.6. The van der Waals surface area contributed by atoms with Gasteiger partial charge in [0.2, 0.25) is 5.91 Å². The third kappa shape index (κ3) is 4.53. The molecule has 0 unspecified atom stereocenters. The number of amides is 1. The SMILES string of the molecule is Cc1ccccc1SCC(=O)Nc1cccc(C(F)(F)F)c1. The van der Waals surface area contributed by atoms with Crippen LogP contribution in [-0.4, -0.2) is 11.7 Å². The normalized spacial score (nSPS) is 11.3. The van der Waals surface area contributed by atoms with Crippen molar-refractivity contribution in [3.05, 3.63) is 59.7 Å². The van der Waals surface area contributed by atoms with Crippen molar-refractivity contribution in [2.75, 3.05) is 11.1 Å².